The molecule has 9 nitrogen and oxygen atoms in total. The Morgan fingerprint density at radius 2 is 2.03 bits per heavy atom. The van der Waals surface area contributed by atoms with Gasteiger partial charge in [0.1, 0.15) is 12.3 Å². The van der Waals surface area contributed by atoms with Crippen LogP contribution in [0, 0.1) is 0 Å². The molecular formula is C20H29N4O5+. The van der Waals surface area contributed by atoms with Crippen LogP contribution in [0.25, 0.3) is 0 Å². The predicted molar refractivity (Wildman–Crippen MR) is 108 cm³/mol. The third-order valence-corrected chi connectivity index (χ3v) is 4.44. The lowest BCUT2D eigenvalue weighted by Crippen LogP contribution is -3.10. The summed E-state index contributed by atoms with van der Waals surface area (Å²) in [5.74, 6) is -0.00687. The Morgan fingerprint density at radius 3 is 2.69 bits per heavy atom. The van der Waals surface area contributed by atoms with Crippen molar-refractivity contribution < 1.29 is 28.8 Å². The predicted octanol–water partition coefficient (Wildman–Crippen LogP) is 0.0570. The molecule has 1 aliphatic rings. The minimum atomic E-state index is -0.463. The molecule has 1 heterocycles. The number of likely N-dealkylation sites (N-methyl/N-ethyl adjacent to an activating group) is 1. The summed E-state index contributed by atoms with van der Waals surface area (Å²) >= 11 is 0. The maximum atomic E-state index is 12.4. The molecule has 158 valence electrons. The van der Waals surface area contributed by atoms with E-state index >= 15 is 0 Å². The summed E-state index contributed by atoms with van der Waals surface area (Å²) in [5.41, 5.74) is 1.52. The molecule has 0 bridgehead atoms. The minimum absolute atomic E-state index is 0.150. The number of amides is 3. The summed E-state index contributed by atoms with van der Waals surface area (Å²) in [4.78, 5) is 37.6. The molecule has 4 N–H and O–H groups in total. The van der Waals surface area contributed by atoms with E-state index in [0.29, 0.717) is 35.7 Å². The average molecular weight is 405 g/mol. The zero-order chi connectivity index (χ0) is 21.4. The van der Waals surface area contributed by atoms with Crippen LogP contribution >= 0.6 is 0 Å². The first-order chi connectivity index (χ1) is 13.9. The molecule has 0 aromatic heterocycles. The van der Waals surface area contributed by atoms with E-state index < -0.39 is 12.0 Å². The number of urea groups is 1. The fourth-order valence-electron chi connectivity index (χ4n) is 3.15. The molecule has 1 aromatic carbocycles. The number of carbonyl (C=O) groups is 3. The molecule has 0 saturated heterocycles. The monoisotopic (exact) mass is 405 g/mol. The van der Waals surface area contributed by atoms with Crippen LogP contribution in [-0.4, -0.2) is 57.8 Å². The molecule has 0 saturated carbocycles. The third-order valence-electron chi connectivity index (χ3n) is 4.44. The lowest BCUT2D eigenvalue weighted by atomic mass is 10.00. The molecule has 1 unspecified atom stereocenters. The molecule has 2 rings (SSSR count). The highest BCUT2D eigenvalue weighted by Crippen LogP contribution is 2.17. The number of esters is 1. The maximum Gasteiger partial charge on any atom is 0.338 e. The average Bonchev–Trinajstić information content (AvgIpc) is 2.67. The summed E-state index contributed by atoms with van der Waals surface area (Å²) < 4.78 is 10.3. The van der Waals surface area contributed by atoms with E-state index in [0.717, 1.165) is 4.90 Å². The zero-order valence-corrected chi connectivity index (χ0v) is 17.3. The van der Waals surface area contributed by atoms with Crippen LogP contribution < -0.4 is 25.6 Å². The summed E-state index contributed by atoms with van der Waals surface area (Å²) in [6, 6.07) is 6.30. The quantitative estimate of drug-likeness (QED) is 0.434. The summed E-state index contributed by atoms with van der Waals surface area (Å²) in [5, 5.41) is 8.25. The maximum absolute atomic E-state index is 12.4. The number of quaternary nitrogens is 1. The number of benzene rings is 1. The van der Waals surface area contributed by atoms with Crippen molar-refractivity contribution in [3.63, 3.8) is 0 Å². The summed E-state index contributed by atoms with van der Waals surface area (Å²) in [6.07, 6.45) is 0.556. The van der Waals surface area contributed by atoms with E-state index in [1.807, 2.05) is 14.0 Å². The van der Waals surface area contributed by atoms with E-state index in [1.165, 1.54) is 0 Å². The Bertz CT molecular complexity index is 793. The first-order valence-electron chi connectivity index (χ1n) is 9.60. The number of hydrogen-bond donors (Lipinski definition) is 4. The van der Waals surface area contributed by atoms with Crippen LogP contribution in [-0.2, 0) is 14.3 Å². The molecule has 1 aromatic rings. The second-order valence-corrected chi connectivity index (χ2v) is 6.76. The number of rotatable bonds is 9. The van der Waals surface area contributed by atoms with E-state index in [9.17, 15) is 14.4 Å². The number of carbonyl (C=O) groups excluding carboxylic acids is 3. The Kier molecular flexibility index (Phi) is 8.02. The first kappa shape index (κ1) is 22.2. The van der Waals surface area contributed by atoms with E-state index in [-0.39, 0.29) is 25.1 Å². The van der Waals surface area contributed by atoms with Gasteiger partial charge in [-0.1, -0.05) is 13.0 Å². The first-order valence-corrected chi connectivity index (χ1v) is 9.60. The van der Waals surface area contributed by atoms with Crippen molar-refractivity contribution in [2.75, 3.05) is 39.2 Å². The van der Waals surface area contributed by atoms with Crippen molar-refractivity contribution in [3.8, 4) is 5.75 Å². The van der Waals surface area contributed by atoms with Gasteiger partial charge in [0, 0.05) is 11.8 Å². The fourth-order valence-corrected chi connectivity index (χ4v) is 3.15. The summed E-state index contributed by atoms with van der Waals surface area (Å²) in [7, 11) is 3.38. The normalized spacial score (nSPS) is 17.1. The number of hydrogen-bond acceptors (Lipinski definition) is 5. The van der Waals surface area contributed by atoms with E-state index in [4.69, 9.17) is 9.47 Å². The van der Waals surface area contributed by atoms with Crippen LogP contribution in [0.15, 0.2) is 35.5 Å². The molecule has 0 aliphatic carbocycles. The second-order valence-electron chi connectivity index (χ2n) is 6.76. The lowest BCUT2D eigenvalue weighted by molar-refractivity contribution is -0.866. The highest BCUT2D eigenvalue weighted by Gasteiger charge is 2.33. The number of ether oxygens (including phenoxy) is 2. The number of methoxy groups -OCH3 is 1. The summed E-state index contributed by atoms with van der Waals surface area (Å²) in [6.45, 7) is 4.30. The SMILES string of the molecule is CCOC(=O)C1=C(C[NH+](C)CC(=O)Nc2cccc(OC)c2)NC(=O)N[C@H]1CC. The van der Waals surface area contributed by atoms with Crippen molar-refractivity contribution in [1.29, 1.82) is 0 Å². The van der Waals surface area contributed by atoms with Crippen molar-refractivity contribution in [1.82, 2.24) is 10.6 Å². The van der Waals surface area contributed by atoms with Gasteiger partial charge in [-0.05, 0) is 25.5 Å². The molecule has 0 spiro atoms. The number of anilines is 1. The zero-order valence-electron chi connectivity index (χ0n) is 17.3. The highest BCUT2D eigenvalue weighted by molar-refractivity contribution is 5.95. The molecule has 29 heavy (non-hydrogen) atoms. The van der Waals surface area contributed by atoms with Crippen molar-refractivity contribution in [3.05, 3.63) is 35.5 Å². The van der Waals surface area contributed by atoms with Crippen molar-refractivity contribution in [2.45, 2.75) is 26.3 Å². The van der Waals surface area contributed by atoms with Crippen molar-refractivity contribution in [2.24, 2.45) is 0 Å². The van der Waals surface area contributed by atoms with Crippen LogP contribution in [0.3, 0.4) is 0 Å². The van der Waals surface area contributed by atoms with E-state index in [1.54, 1.807) is 38.3 Å². The minimum Gasteiger partial charge on any atom is -0.497 e. The third kappa shape index (κ3) is 6.21. The van der Waals surface area contributed by atoms with Gasteiger partial charge in [-0.15, -0.1) is 0 Å². The molecule has 0 radical (unpaired) electrons. The fraction of sp³-hybridized carbons (Fsp3) is 0.450. The Labute approximate surface area is 170 Å². The van der Waals surface area contributed by atoms with Gasteiger partial charge in [-0.2, -0.15) is 0 Å². The van der Waals surface area contributed by atoms with Gasteiger partial charge in [0.25, 0.3) is 5.91 Å². The lowest BCUT2D eigenvalue weighted by Gasteiger charge is -2.29. The topological polar surface area (TPSA) is 110 Å². The highest BCUT2D eigenvalue weighted by atomic mass is 16.5. The van der Waals surface area contributed by atoms with Gasteiger partial charge in [0.15, 0.2) is 6.54 Å². The van der Waals surface area contributed by atoms with Crippen LogP contribution in [0.2, 0.25) is 0 Å². The molecule has 1 aliphatic heterocycles. The Morgan fingerprint density at radius 1 is 1.28 bits per heavy atom. The van der Waals surface area contributed by atoms with Gasteiger partial charge in [0.2, 0.25) is 0 Å². The molecule has 0 fully saturated rings. The van der Waals surface area contributed by atoms with Gasteiger partial charge in [0.05, 0.1) is 38.1 Å². The standard InChI is InChI=1S/C20H28N4O5/c1-5-15-18(19(26)29-6-2)16(23-20(27)22-15)11-24(3)12-17(25)21-13-8-7-9-14(10-13)28-4/h7-10,15H,5-6,11-12H2,1-4H3,(H,21,25)(H2,22,23,27)/p+1/t15-/m0/s1. The second kappa shape index (κ2) is 10.5. The van der Waals surface area contributed by atoms with Gasteiger partial charge < -0.3 is 30.3 Å². The van der Waals surface area contributed by atoms with Crippen LogP contribution in [0.5, 0.6) is 5.75 Å². The number of nitrogens with one attached hydrogen (secondary N) is 4. The smallest absolute Gasteiger partial charge is 0.338 e. The molecule has 9 heteroatoms. The van der Waals surface area contributed by atoms with Crippen LogP contribution in [0.1, 0.15) is 20.3 Å². The van der Waals surface area contributed by atoms with Gasteiger partial charge >= 0.3 is 12.0 Å². The van der Waals surface area contributed by atoms with Gasteiger partial charge in [-0.3, -0.25) is 4.79 Å². The molecule has 3 amide bonds. The molecular weight excluding hydrogens is 376 g/mol. The Hall–Kier alpha value is -3.07. The Balaban J connectivity index is 2.08. The van der Waals surface area contributed by atoms with Crippen LogP contribution in [0.4, 0.5) is 10.5 Å². The van der Waals surface area contributed by atoms with Gasteiger partial charge in [-0.25, -0.2) is 9.59 Å². The molecule has 2 atom stereocenters. The largest absolute Gasteiger partial charge is 0.497 e. The van der Waals surface area contributed by atoms with Crippen molar-refractivity contribution >= 4 is 23.6 Å². The van der Waals surface area contributed by atoms with E-state index in [2.05, 4.69) is 16.0 Å².